The Morgan fingerprint density at radius 3 is 2.32 bits per heavy atom. The van der Waals surface area contributed by atoms with Crippen molar-refractivity contribution in [2.24, 2.45) is 5.92 Å². The zero-order chi connectivity index (χ0) is 24.1. The van der Waals surface area contributed by atoms with Gasteiger partial charge in [0.25, 0.3) is 0 Å². The molecule has 3 heterocycles. The molecule has 10 nitrogen and oxygen atoms in total. The maximum absolute atomic E-state index is 12.8. The smallest absolute Gasteiger partial charge is 0.236 e. The number of nitrogens with zero attached hydrogens (tertiary/aromatic N) is 4. The van der Waals surface area contributed by atoms with Crippen molar-refractivity contribution in [2.75, 3.05) is 61.3 Å². The van der Waals surface area contributed by atoms with Crippen LogP contribution in [0.2, 0.25) is 0 Å². The number of piperazine rings is 1. The third kappa shape index (κ3) is 6.02. The molecule has 1 atom stereocenters. The van der Waals surface area contributed by atoms with Crippen LogP contribution < -0.4 is 15.5 Å². The zero-order valence-electron chi connectivity index (χ0n) is 19.2. The number of phenols is 1. The SMILES string of the molecule is CC(=O)Nc1ccc(N2CCN(C(=O)CN3CCC(C(=O)Nc4ccc(O)cc4)C3)CC2)nc1. The van der Waals surface area contributed by atoms with Gasteiger partial charge in [0.05, 0.1) is 24.3 Å². The molecule has 180 valence electrons. The van der Waals surface area contributed by atoms with E-state index in [2.05, 4.69) is 20.5 Å². The van der Waals surface area contributed by atoms with E-state index < -0.39 is 0 Å². The van der Waals surface area contributed by atoms with Crippen LogP contribution in [0, 0.1) is 5.92 Å². The summed E-state index contributed by atoms with van der Waals surface area (Å²) in [4.78, 5) is 47.0. The van der Waals surface area contributed by atoms with Crippen LogP contribution in [0.3, 0.4) is 0 Å². The molecular formula is C24H30N6O4. The number of benzene rings is 1. The van der Waals surface area contributed by atoms with E-state index in [1.165, 1.54) is 19.1 Å². The van der Waals surface area contributed by atoms with Crippen molar-refractivity contribution in [3.8, 4) is 5.75 Å². The number of carbonyl (C=O) groups is 3. The lowest BCUT2D eigenvalue weighted by Crippen LogP contribution is -2.51. The van der Waals surface area contributed by atoms with Gasteiger partial charge in [0, 0.05) is 45.3 Å². The van der Waals surface area contributed by atoms with Gasteiger partial charge in [-0.2, -0.15) is 0 Å². The summed E-state index contributed by atoms with van der Waals surface area (Å²) in [6, 6.07) is 10.1. The maximum atomic E-state index is 12.8. The lowest BCUT2D eigenvalue weighted by Gasteiger charge is -2.36. The molecular weight excluding hydrogens is 436 g/mol. The van der Waals surface area contributed by atoms with Gasteiger partial charge < -0.3 is 25.5 Å². The van der Waals surface area contributed by atoms with Gasteiger partial charge in [0.2, 0.25) is 17.7 Å². The van der Waals surface area contributed by atoms with Crippen LogP contribution in [0.25, 0.3) is 0 Å². The standard InChI is InChI=1S/C24H30N6O4/c1-17(31)26-20-4-7-22(25-14-20)29-10-12-30(13-11-29)23(33)16-28-9-8-18(15-28)24(34)27-19-2-5-21(32)6-3-19/h2-7,14,18,32H,8-13,15-16H2,1H3,(H,26,31)(H,27,34). The van der Waals surface area contributed by atoms with E-state index in [4.69, 9.17) is 0 Å². The highest BCUT2D eigenvalue weighted by atomic mass is 16.3. The number of aromatic hydroxyl groups is 1. The highest BCUT2D eigenvalue weighted by molar-refractivity contribution is 5.93. The Balaban J connectivity index is 1.21. The number of aromatic nitrogens is 1. The molecule has 2 aliphatic heterocycles. The molecule has 2 saturated heterocycles. The van der Waals surface area contributed by atoms with E-state index in [1.807, 2.05) is 21.9 Å². The first-order valence-electron chi connectivity index (χ1n) is 11.5. The van der Waals surface area contributed by atoms with E-state index in [-0.39, 0.29) is 29.4 Å². The van der Waals surface area contributed by atoms with Gasteiger partial charge in [-0.25, -0.2) is 4.98 Å². The second kappa shape index (κ2) is 10.5. The number of anilines is 3. The molecule has 0 radical (unpaired) electrons. The minimum atomic E-state index is -0.162. The Kier molecular flexibility index (Phi) is 7.27. The number of phenolic OH excluding ortho intramolecular Hbond substituents is 1. The molecule has 2 fully saturated rings. The fourth-order valence-corrected chi connectivity index (χ4v) is 4.31. The van der Waals surface area contributed by atoms with Gasteiger partial charge in [0.1, 0.15) is 11.6 Å². The summed E-state index contributed by atoms with van der Waals surface area (Å²) < 4.78 is 0. The lowest BCUT2D eigenvalue weighted by molar-refractivity contribution is -0.132. The number of nitrogens with one attached hydrogen (secondary N) is 2. The molecule has 0 saturated carbocycles. The molecule has 10 heteroatoms. The summed E-state index contributed by atoms with van der Waals surface area (Å²) in [5.41, 5.74) is 1.31. The summed E-state index contributed by atoms with van der Waals surface area (Å²) >= 11 is 0. The van der Waals surface area contributed by atoms with E-state index in [0.29, 0.717) is 63.6 Å². The predicted octanol–water partition coefficient (Wildman–Crippen LogP) is 1.35. The van der Waals surface area contributed by atoms with E-state index in [1.54, 1.807) is 18.3 Å². The van der Waals surface area contributed by atoms with Gasteiger partial charge in [-0.3, -0.25) is 19.3 Å². The number of rotatable bonds is 6. The summed E-state index contributed by atoms with van der Waals surface area (Å²) in [6.45, 7) is 5.65. The lowest BCUT2D eigenvalue weighted by atomic mass is 10.1. The maximum Gasteiger partial charge on any atom is 0.236 e. The van der Waals surface area contributed by atoms with Crippen molar-refractivity contribution >= 4 is 34.9 Å². The number of pyridine rings is 1. The monoisotopic (exact) mass is 466 g/mol. The van der Waals surface area contributed by atoms with Crippen LogP contribution in [0.1, 0.15) is 13.3 Å². The molecule has 34 heavy (non-hydrogen) atoms. The Morgan fingerprint density at radius 2 is 1.68 bits per heavy atom. The van der Waals surface area contributed by atoms with Crippen molar-refractivity contribution in [1.82, 2.24) is 14.8 Å². The van der Waals surface area contributed by atoms with Gasteiger partial charge in [-0.05, 0) is 49.4 Å². The number of hydrogen-bond acceptors (Lipinski definition) is 7. The van der Waals surface area contributed by atoms with E-state index >= 15 is 0 Å². The summed E-state index contributed by atoms with van der Waals surface area (Å²) in [5, 5.41) is 14.9. The topological polar surface area (TPSA) is 118 Å². The minimum absolute atomic E-state index is 0.0636. The van der Waals surface area contributed by atoms with Gasteiger partial charge in [0.15, 0.2) is 0 Å². The van der Waals surface area contributed by atoms with Crippen molar-refractivity contribution in [3.63, 3.8) is 0 Å². The molecule has 2 aliphatic rings. The summed E-state index contributed by atoms with van der Waals surface area (Å²) in [5.74, 6) is 0.692. The Hall–Kier alpha value is -3.66. The van der Waals surface area contributed by atoms with E-state index in [9.17, 15) is 19.5 Å². The van der Waals surface area contributed by atoms with Crippen LogP contribution in [-0.4, -0.2) is 83.4 Å². The Morgan fingerprint density at radius 1 is 0.971 bits per heavy atom. The largest absolute Gasteiger partial charge is 0.508 e. The number of amides is 3. The van der Waals surface area contributed by atoms with Crippen LogP contribution in [0.5, 0.6) is 5.75 Å². The van der Waals surface area contributed by atoms with Crippen LogP contribution in [0.4, 0.5) is 17.2 Å². The third-order valence-electron chi connectivity index (χ3n) is 6.16. The molecule has 1 aromatic heterocycles. The molecule has 0 spiro atoms. The normalized spacial score (nSPS) is 18.6. The average molecular weight is 467 g/mol. The molecule has 3 amide bonds. The number of carbonyl (C=O) groups excluding carboxylic acids is 3. The Labute approximate surface area is 198 Å². The van der Waals surface area contributed by atoms with Crippen molar-refractivity contribution < 1.29 is 19.5 Å². The molecule has 3 N–H and O–H groups in total. The number of hydrogen-bond donors (Lipinski definition) is 3. The first-order chi connectivity index (χ1) is 16.4. The zero-order valence-corrected chi connectivity index (χ0v) is 19.2. The number of likely N-dealkylation sites (tertiary alicyclic amines) is 1. The van der Waals surface area contributed by atoms with Crippen molar-refractivity contribution in [1.29, 1.82) is 0 Å². The van der Waals surface area contributed by atoms with Gasteiger partial charge in [-0.15, -0.1) is 0 Å². The highest BCUT2D eigenvalue weighted by Gasteiger charge is 2.31. The van der Waals surface area contributed by atoms with Crippen LogP contribution in [-0.2, 0) is 14.4 Å². The van der Waals surface area contributed by atoms with Crippen LogP contribution >= 0.6 is 0 Å². The minimum Gasteiger partial charge on any atom is -0.508 e. The van der Waals surface area contributed by atoms with Crippen molar-refractivity contribution in [2.45, 2.75) is 13.3 Å². The van der Waals surface area contributed by atoms with Gasteiger partial charge in [-0.1, -0.05) is 0 Å². The second-order valence-corrected chi connectivity index (χ2v) is 8.71. The van der Waals surface area contributed by atoms with Gasteiger partial charge >= 0.3 is 0 Å². The van der Waals surface area contributed by atoms with Crippen LogP contribution in [0.15, 0.2) is 42.6 Å². The quantitative estimate of drug-likeness (QED) is 0.550. The predicted molar refractivity (Wildman–Crippen MR) is 129 cm³/mol. The van der Waals surface area contributed by atoms with Crippen molar-refractivity contribution in [3.05, 3.63) is 42.6 Å². The van der Waals surface area contributed by atoms with E-state index in [0.717, 1.165) is 5.82 Å². The highest BCUT2D eigenvalue weighted by Crippen LogP contribution is 2.21. The first kappa shape index (κ1) is 23.5. The fourth-order valence-electron chi connectivity index (χ4n) is 4.31. The molecule has 0 aliphatic carbocycles. The molecule has 1 unspecified atom stereocenters. The molecule has 4 rings (SSSR count). The second-order valence-electron chi connectivity index (χ2n) is 8.71. The average Bonchev–Trinajstić information content (AvgIpc) is 3.29. The molecule has 0 bridgehead atoms. The molecule has 1 aromatic carbocycles. The third-order valence-corrected chi connectivity index (χ3v) is 6.16. The Bertz CT molecular complexity index is 1020. The first-order valence-corrected chi connectivity index (χ1v) is 11.5. The fraction of sp³-hybridized carbons (Fsp3) is 0.417. The summed E-state index contributed by atoms with van der Waals surface area (Å²) in [7, 11) is 0. The summed E-state index contributed by atoms with van der Waals surface area (Å²) in [6.07, 6.45) is 2.35. The molecule has 2 aromatic rings.